The average Bonchev–Trinajstić information content (AvgIpc) is 1.88. The van der Waals surface area contributed by atoms with Gasteiger partial charge in [0.1, 0.15) is 0 Å². The van der Waals surface area contributed by atoms with Crippen LogP contribution in [-0.4, -0.2) is 12.3 Å². The average molecular weight is 137 g/mol. The van der Waals surface area contributed by atoms with Gasteiger partial charge in [-0.15, -0.1) is 0 Å². The van der Waals surface area contributed by atoms with Gasteiger partial charge in [0, 0.05) is 13.5 Å². The molecule has 1 aliphatic heterocycles. The number of nitrogens with one attached hydrogen (secondary N) is 1. The molecule has 0 amide bonds. The summed E-state index contributed by atoms with van der Waals surface area (Å²) in [6.07, 6.45) is 3.97. The first-order chi connectivity index (χ1) is 4.72. The van der Waals surface area contributed by atoms with Crippen LogP contribution in [0.5, 0.6) is 0 Å². The van der Waals surface area contributed by atoms with Crippen molar-refractivity contribution in [1.29, 1.82) is 0 Å². The quantitative estimate of drug-likeness (QED) is 0.584. The SMILES string of the molecule is CC(=O)C1=C(C)C=CCN1. The topological polar surface area (TPSA) is 29.1 Å². The van der Waals surface area contributed by atoms with Crippen LogP contribution in [0, 0.1) is 0 Å². The largest absolute Gasteiger partial charge is 0.378 e. The number of carbonyl (C=O) groups is 1. The van der Waals surface area contributed by atoms with Gasteiger partial charge in [0.05, 0.1) is 5.70 Å². The van der Waals surface area contributed by atoms with Gasteiger partial charge >= 0.3 is 0 Å². The van der Waals surface area contributed by atoms with E-state index in [1.54, 1.807) is 6.92 Å². The Morgan fingerprint density at radius 2 is 2.40 bits per heavy atom. The Labute approximate surface area is 60.6 Å². The summed E-state index contributed by atoms with van der Waals surface area (Å²) >= 11 is 0. The Hall–Kier alpha value is -1.05. The maximum absolute atomic E-state index is 10.9. The number of dihydropyridines is 1. The van der Waals surface area contributed by atoms with E-state index in [1.165, 1.54) is 0 Å². The summed E-state index contributed by atoms with van der Waals surface area (Å²) in [6, 6.07) is 0. The molecule has 0 saturated carbocycles. The lowest BCUT2D eigenvalue weighted by Crippen LogP contribution is -2.22. The van der Waals surface area contributed by atoms with Gasteiger partial charge in [0.2, 0.25) is 0 Å². The number of rotatable bonds is 1. The van der Waals surface area contributed by atoms with E-state index in [2.05, 4.69) is 5.32 Å². The minimum Gasteiger partial charge on any atom is -0.378 e. The molecule has 2 heteroatoms. The van der Waals surface area contributed by atoms with E-state index in [1.807, 2.05) is 19.1 Å². The van der Waals surface area contributed by atoms with Crippen molar-refractivity contribution in [2.75, 3.05) is 6.54 Å². The maximum Gasteiger partial charge on any atom is 0.175 e. The van der Waals surface area contributed by atoms with Crippen LogP contribution in [0.4, 0.5) is 0 Å². The predicted molar refractivity (Wildman–Crippen MR) is 40.5 cm³/mol. The Bertz CT molecular complexity index is 213. The minimum absolute atomic E-state index is 0.113. The van der Waals surface area contributed by atoms with Gasteiger partial charge in [0.25, 0.3) is 0 Å². The maximum atomic E-state index is 10.9. The molecular formula is C8H11NO. The number of Topliss-reactive ketones (excluding diaryl/α,β-unsaturated/α-hetero) is 1. The van der Waals surface area contributed by atoms with Crippen LogP contribution >= 0.6 is 0 Å². The smallest absolute Gasteiger partial charge is 0.175 e. The molecule has 10 heavy (non-hydrogen) atoms. The first kappa shape index (κ1) is 7.06. The number of carbonyl (C=O) groups excluding carboxylic acids is 1. The molecule has 2 nitrogen and oxygen atoms in total. The molecule has 0 aromatic heterocycles. The monoisotopic (exact) mass is 137 g/mol. The lowest BCUT2D eigenvalue weighted by Gasteiger charge is -2.11. The zero-order valence-electron chi connectivity index (χ0n) is 6.27. The molecule has 0 aromatic rings. The van der Waals surface area contributed by atoms with E-state index >= 15 is 0 Å². The second kappa shape index (κ2) is 2.69. The van der Waals surface area contributed by atoms with Crippen LogP contribution in [0.2, 0.25) is 0 Å². The summed E-state index contributed by atoms with van der Waals surface area (Å²) in [7, 11) is 0. The van der Waals surface area contributed by atoms with Gasteiger partial charge in [-0.05, 0) is 12.5 Å². The molecule has 0 saturated heterocycles. The van der Waals surface area contributed by atoms with Gasteiger partial charge in [0.15, 0.2) is 5.78 Å². The third-order valence-electron chi connectivity index (χ3n) is 1.51. The van der Waals surface area contributed by atoms with Crippen molar-refractivity contribution in [3.63, 3.8) is 0 Å². The highest BCUT2D eigenvalue weighted by Crippen LogP contribution is 2.06. The summed E-state index contributed by atoms with van der Waals surface area (Å²) in [5, 5.41) is 3.01. The van der Waals surface area contributed by atoms with Crippen LogP contribution < -0.4 is 5.32 Å². The molecule has 0 unspecified atom stereocenters. The normalized spacial score (nSPS) is 17.0. The van der Waals surface area contributed by atoms with E-state index in [0.717, 1.165) is 17.8 Å². The summed E-state index contributed by atoms with van der Waals surface area (Å²) in [4.78, 5) is 10.9. The molecule has 1 heterocycles. The molecule has 1 N–H and O–H groups in total. The van der Waals surface area contributed by atoms with Crippen molar-refractivity contribution in [3.8, 4) is 0 Å². The second-order valence-corrected chi connectivity index (χ2v) is 2.40. The minimum atomic E-state index is 0.113. The molecule has 0 aromatic carbocycles. The first-order valence-electron chi connectivity index (χ1n) is 3.34. The highest BCUT2D eigenvalue weighted by molar-refractivity contribution is 5.94. The van der Waals surface area contributed by atoms with Gasteiger partial charge < -0.3 is 5.32 Å². The highest BCUT2D eigenvalue weighted by atomic mass is 16.1. The van der Waals surface area contributed by atoms with Crippen molar-refractivity contribution in [2.24, 2.45) is 0 Å². The van der Waals surface area contributed by atoms with Crippen molar-refractivity contribution in [3.05, 3.63) is 23.4 Å². The summed E-state index contributed by atoms with van der Waals surface area (Å²) < 4.78 is 0. The molecule has 0 atom stereocenters. The second-order valence-electron chi connectivity index (χ2n) is 2.40. The molecule has 0 fully saturated rings. The van der Waals surface area contributed by atoms with E-state index in [9.17, 15) is 4.79 Å². The van der Waals surface area contributed by atoms with Gasteiger partial charge in [-0.2, -0.15) is 0 Å². The fourth-order valence-electron chi connectivity index (χ4n) is 1.02. The van der Waals surface area contributed by atoms with E-state index in [0.29, 0.717) is 0 Å². The molecule has 0 bridgehead atoms. The Kier molecular flexibility index (Phi) is 1.90. The molecule has 0 radical (unpaired) electrons. The lowest BCUT2D eigenvalue weighted by atomic mass is 10.1. The zero-order chi connectivity index (χ0) is 7.56. The molecule has 1 rings (SSSR count). The number of ketones is 1. The summed E-state index contributed by atoms with van der Waals surface area (Å²) in [5.41, 5.74) is 1.78. The van der Waals surface area contributed by atoms with Crippen molar-refractivity contribution >= 4 is 5.78 Å². The third-order valence-corrected chi connectivity index (χ3v) is 1.51. The predicted octanol–water partition coefficient (Wildman–Crippen LogP) is 1.01. The zero-order valence-corrected chi connectivity index (χ0v) is 6.27. The van der Waals surface area contributed by atoms with E-state index < -0.39 is 0 Å². The molecule has 54 valence electrons. The highest BCUT2D eigenvalue weighted by Gasteiger charge is 2.07. The number of hydrogen-bond donors (Lipinski definition) is 1. The van der Waals surface area contributed by atoms with Crippen LogP contribution in [0.1, 0.15) is 13.8 Å². The van der Waals surface area contributed by atoms with Crippen LogP contribution in [0.15, 0.2) is 23.4 Å². The fraction of sp³-hybridized carbons (Fsp3) is 0.375. The van der Waals surface area contributed by atoms with Crippen LogP contribution in [0.25, 0.3) is 0 Å². The Morgan fingerprint density at radius 1 is 1.70 bits per heavy atom. The molecule has 0 spiro atoms. The Balaban J connectivity index is 2.89. The van der Waals surface area contributed by atoms with Crippen LogP contribution in [0.3, 0.4) is 0 Å². The fourth-order valence-corrected chi connectivity index (χ4v) is 1.02. The standard InChI is InChI=1S/C8H11NO/c1-6-4-3-5-9-8(6)7(2)10/h3-4,9H,5H2,1-2H3. The first-order valence-corrected chi connectivity index (χ1v) is 3.34. The molecular weight excluding hydrogens is 126 g/mol. The molecule has 0 aliphatic carbocycles. The van der Waals surface area contributed by atoms with Crippen molar-refractivity contribution in [2.45, 2.75) is 13.8 Å². The third kappa shape index (κ3) is 1.26. The van der Waals surface area contributed by atoms with Gasteiger partial charge in [-0.1, -0.05) is 12.2 Å². The summed E-state index contributed by atoms with van der Waals surface area (Å²) in [5.74, 6) is 0.113. The van der Waals surface area contributed by atoms with Crippen molar-refractivity contribution < 1.29 is 4.79 Å². The van der Waals surface area contributed by atoms with Crippen LogP contribution in [-0.2, 0) is 4.79 Å². The molecule has 1 aliphatic rings. The number of allylic oxidation sites excluding steroid dienone is 3. The Morgan fingerprint density at radius 3 is 2.80 bits per heavy atom. The summed E-state index contributed by atoms with van der Waals surface area (Å²) in [6.45, 7) is 4.27. The van der Waals surface area contributed by atoms with E-state index in [4.69, 9.17) is 0 Å². The van der Waals surface area contributed by atoms with Crippen molar-refractivity contribution in [1.82, 2.24) is 5.32 Å². The van der Waals surface area contributed by atoms with E-state index in [-0.39, 0.29) is 5.78 Å². The lowest BCUT2D eigenvalue weighted by molar-refractivity contribution is -0.114. The van der Waals surface area contributed by atoms with Gasteiger partial charge in [-0.25, -0.2) is 0 Å². The van der Waals surface area contributed by atoms with Gasteiger partial charge in [-0.3, -0.25) is 4.79 Å². The number of hydrogen-bond acceptors (Lipinski definition) is 2.